The van der Waals surface area contributed by atoms with E-state index in [0.717, 1.165) is 28.5 Å². The number of carbonyl (C=O) groups is 1. The van der Waals surface area contributed by atoms with Crippen molar-refractivity contribution in [3.05, 3.63) is 45.9 Å². The maximum atomic E-state index is 12.0. The number of ether oxygens (including phenoxy) is 1. The van der Waals surface area contributed by atoms with Gasteiger partial charge in [0, 0.05) is 16.6 Å². The molecule has 1 aromatic heterocycles. The van der Waals surface area contributed by atoms with Gasteiger partial charge >= 0.3 is 0 Å². The molecule has 0 saturated heterocycles. The van der Waals surface area contributed by atoms with Crippen molar-refractivity contribution >= 4 is 17.2 Å². The lowest BCUT2D eigenvalue weighted by atomic mass is 10.2. The van der Waals surface area contributed by atoms with Gasteiger partial charge in [0.05, 0.1) is 18.2 Å². The van der Waals surface area contributed by atoms with E-state index in [1.807, 2.05) is 19.1 Å². The van der Waals surface area contributed by atoms with Crippen molar-refractivity contribution in [3.63, 3.8) is 0 Å². The van der Waals surface area contributed by atoms with Gasteiger partial charge in [-0.15, -0.1) is 11.3 Å². The molecule has 0 aliphatic heterocycles. The predicted molar refractivity (Wildman–Crippen MR) is 84.9 cm³/mol. The second-order valence-corrected chi connectivity index (χ2v) is 6.07. The first-order valence-corrected chi connectivity index (χ1v) is 7.93. The van der Waals surface area contributed by atoms with Gasteiger partial charge in [0.25, 0.3) is 5.91 Å². The van der Waals surface area contributed by atoms with Crippen molar-refractivity contribution in [1.29, 1.82) is 0 Å². The molecular formula is C16H20N2O2S. The number of amides is 1. The highest BCUT2D eigenvalue weighted by atomic mass is 32.1. The zero-order chi connectivity index (χ0) is 15.1. The SMILES string of the molecule is CCCCOc1ccc(C(=O)NCc2cnc(C)s2)cc1. The lowest BCUT2D eigenvalue weighted by Crippen LogP contribution is -2.22. The molecule has 0 aliphatic rings. The minimum atomic E-state index is -0.0823. The normalized spacial score (nSPS) is 10.4. The quantitative estimate of drug-likeness (QED) is 0.796. The van der Waals surface area contributed by atoms with Crippen molar-refractivity contribution in [2.24, 2.45) is 0 Å². The summed E-state index contributed by atoms with van der Waals surface area (Å²) in [4.78, 5) is 17.2. The Balaban J connectivity index is 1.84. The van der Waals surface area contributed by atoms with Crippen molar-refractivity contribution in [3.8, 4) is 5.75 Å². The fraction of sp³-hybridized carbons (Fsp3) is 0.375. The monoisotopic (exact) mass is 304 g/mol. The van der Waals surface area contributed by atoms with Crippen LogP contribution in [0.4, 0.5) is 0 Å². The number of aromatic nitrogens is 1. The highest BCUT2D eigenvalue weighted by Crippen LogP contribution is 2.14. The van der Waals surface area contributed by atoms with Crippen LogP contribution in [0.15, 0.2) is 30.5 Å². The molecule has 0 saturated carbocycles. The summed E-state index contributed by atoms with van der Waals surface area (Å²) in [5.74, 6) is 0.722. The first-order valence-electron chi connectivity index (χ1n) is 7.11. The topological polar surface area (TPSA) is 51.2 Å². The third-order valence-electron chi connectivity index (χ3n) is 2.98. The number of hydrogen-bond donors (Lipinski definition) is 1. The Morgan fingerprint density at radius 2 is 2.10 bits per heavy atom. The number of rotatable bonds is 7. The van der Waals surface area contributed by atoms with Crippen LogP contribution in [0.25, 0.3) is 0 Å². The molecule has 5 heteroatoms. The first-order chi connectivity index (χ1) is 10.2. The van der Waals surface area contributed by atoms with Crippen LogP contribution >= 0.6 is 11.3 Å². The maximum Gasteiger partial charge on any atom is 0.251 e. The molecule has 112 valence electrons. The summed E-state index contributed by atoms with van der Waals surface area (Å²) >= 11 is 1.59. The third-order valence-corrected chi connectivity index (χ3v) is 3.89. The Labute approximate surface area is 129 Å². The molecule has 0 spiro atoms. The number of unbranched alkanes of at least 4 members (excludes halogenated alkanes) is 1. The first kappa shape index (κ1) is 15.5. The Bertz CT molecular complexity index is 578. The highest BCUT2D eigenvalue weighted by Gasteiger charge is 2.06. The smallest absolute Gasteiger partial charge is 0.251 e. The molecule has 0 unspecified atom stereocenters. The van der Waals surface area contributed by atoms with Crippen molar-refractivity contribution in [1.82, 2.24) is 10.3 Å². The molecule has 2 aromatic rings. The molecular weight excluding hydrogens is 284 g/mol. The number of nitrogens with zero attached hydrogens (tertiary/aromatic N) is 1. The molecule has 1 aromatic carbocycles. The second-order valence-electron chi connectivity index (χ2n) is 4.75. The van der Waals surface area contributed by atoms with E-state index in [1.54, 1.807) is 29.7 Å². The number of aryl methyl sites for hydroxylation is 1. The Morgan fingerprint density at radius 3 is 2.71 bits per heavy atom. The molecule has 2 rings (SSSR count). The Kier molecular flexibility index (Phi) is 5.75. The van der Waals surface area contributed by atoms with Crippen LogP contribution in [0, 0.1) is 6.92 Å². The highest BCUT2D eigenvalue weighted by molar-refractivity contribution is 7.11. The summed E-state index contributed by atoms with van der Waals surface area (Å²) in [6.07, 6.45) is 3.94. The van der Waals surface area contributed by atoms with Gasteiger partial charge in [-0.1, -0.05) is 13.3 Å². The molecule has 0 atom stereocenters. The van der Waals surface area contributed by atoms with Crippen LogP contribution in [0.3, 0.4) is 0 Å². The molecule has 21 heavy (non-hydrogen) atoms. The standard InChI is InChI=1S/C16H20N2O2S/c1-3-4-9-20-14-7-5-13(6-8-14)16(19)18-11-15-10-17-12(2)21-15/h5-8,10H,3-4,9,11H2,1-2H3,(H,18,19). The van der Waals surface area contributed by atoms with E-state index in [-0.39, 0.29) is 5.91 Å². The summed E-state index contributed by atoms with van der Waals surface area (Å²) in [6, 6.07) is 7.24. The van der Waals surface area contributed by atoms with Gasteiger partial charge in [-0.05, 0) is 37.6 Å². The number of carbonyl (C=O) groups excluding carboxylic acids is 1. The average Bonchev–Trinajstić information content (AvgIpc) is 2.91. The van der Waals surface area contributed by atoms with E-state index < -0.39 is 0 Å². The largest absolute Gasteiger partial charge is 0.494 e. The van der Waals surface area contributed by atoms with Crippen LogP contribution < -0.4 is 10.1 Å². The molecule has 1 heterocycles. The number of benzene rings is 1. The van der Waals surface area contributed by atoms with Gasteiger partial charge in [-0.3, -0.25) is 4.79 Å². The van der Waals surface area contributed by atoms with Crippen LogP contribution in [0.2, 0.25) is 0 Å². The summed E-state index contributed by atoms with van der Waals surface area (Å²) in [5.41, 5.74) is 0.638. The van der Waals surface area contributed by atoms with Gasteiger partial charge in [-0.2, -0.15) is 0 Å². The third kappa shape index (κ3) is 4.86. The maximum absolute atomic E-state index is 12.0. The molecule has 0 bridgehead atoms. The summed E-state index contributed by atoms with van der Waals surface area (Å²) in [6.45, 7) is 5.31. The van der Waals surface area contributed by atoms with Crippen molar-refractivity contribution in [2.45, 2.75) is 33.2 Å². The van der Waals surface area contributed by atoms with Crippen LogP contribution in [-0.2, 0) is 6.54 Å². The van der Waals surface area contributed by atoms with Gasteiger partial charge < -0.3 is 10.1 Å². The summed E-state index contributed by atoms with van der Waals surface area (Å²) in [5, 5.41) is 3.90. The van der Waals surface area contributed by atoms with E-state index >= 15 is 0 Å². The summed E-state index contributed by atoms with van der Waals surface area (Å²) < 4.78 is 5.57. The minimum Gasteiger partial charge on any atom is -0.494 e. The van der Waals surface area contributed by atoms with E-state index in [4.69, 9.17) is 4.74 Å². The van der Waals surface area contributed by atoms with E-state index in [2.05, 4.69) is 17.2 Å². The summed E-state index contributed by atoms with van der Waals surface area (Å²) in [7, 11) is 0. The Hall–Kier alpha value is -1.88. The van der Waals surface area contributed by atoms with Gasteiger partial charge in [-0.25, -0.2) is 4.98 Å². The lowest BCUT2D eigenvalue weighted by molar-refractivity contribution is 0.0951. The van der Waals surface area contributed by atoms with E-state index in [1.165, 1.54) is 0 Å². The zero-order valence-electron chi connectivity index (χ0n) is 12.4. The number of thiazole rings is 1. The minimum absolute atomic E-state index is 0.0823. The van der Waals surface area contributed by atoms with Crippen LogP contribution in [0.1, 0.15) is 40.0 Å². The average molecular weight is 304 g/mol. The number of nitrogens with one attached hydrogen (secondary N) is 1. The Morgan fingerprint density at radius 1 is 1.33 bits per heavy atom. The van der Waals surface area contributed by atoms with Gasteiger partial charge in [0.1, 0.15) is 5.75 Å². The second kappa shape index (κ2) is 7.78. The number of hydrogen-bond acceptors (Lipinski definition) is 4. The van der Waals surface area contributed by atoms with E-state index in [0.29, 0.717) is 18.7 Å². The molecule has 0 fully saturated rings. The van der Waals surface area contributed by atoms with Crippen LogP contribution in [0.5, 0.6) is 5.75 Å². The molecule has 4 nitrogen and oxygen atoms in total. The fourth-order valence-corrected chi connectivity index (χ4v) is 2.53. The van der Waals surface area contributed by atoms with Crippen LogP contribution in [-0.4, -0.2) is 17.5 Å². The van der Waals surface area contributed by atoms with Gasteiger partial charge in [0.2, 0.25) is 0 Å². The zero-order valence-corrected chi connectivity index (χ0v) is 13.2. The molecule has 1 N–H and O–H groups in total. The molecule has 0 radical (unpaired) electrons. The van der Waals surface area contributed by atoms with Crippen molar-refractivity contribution < 1.29 is 9.53 Å². The predicted octanol–water partition coefficient (Wildman–Crippen LogP) is 3.56. The fourth-order valence-electron chi connectivity index (χ4n) is 1.79. The molecule has 0 aliphatic carbocycles. The lowest BCUT2D eigenvalue weighted by Gasteiger charge is -2.07. The molecule has 1 amide bonds. The van der Waals surface area contributed by atoms with Crippen molar-refractivity contribution in [2.75, 3.05) is 6.61 Å². The van der Waals surface area contributed by atoms with Gasteiger partial charge in [0.15, 0.2) is 0 Å². The van der Waals surface area contributed by atoms with E-state index in [9.17, 15) is 4.79 Å².